The largest absolute Gasteiger partial charge is 0.357 e. The van der Waals surface area contributed by atoms with E-state index < -0.39 is 0 Å². The summed E-state index contributed by atoms with van der Waals surface area (Å²) in [6, 6.07) is 14.8. The van der Waals surface area contributed by atoms with E-state index >= 15 is 0 Å². The fraction of sp³-hybridized carbons (Fsp3) is 0.318. The molecule has 8 heteroatoms. The molecule has 0 fully saturated rings. The highest BCUT2D eigenvalue weighted by atomic mass is 35.5. The van der Waals surface area contributed by atoms with E-state index in [-0.39, 0.29) is 17.7 Å². The Morgan fingerprint density at radius 3 is 2.63 bits per heavy atom. The number of fused-ring (bicyclic) bond motifs is 1. The summed E-state index contributed by atoms with van der Waals surface area (Å²) >= 11 is 6.05. The number of carbonyl (C=O) groups excluding carboxylic acids is 2. The van der Waals surface area contributed by atoms with Crippen LogP contribution in [0.2, 0.25) is 5.02 Å². The van der Waals surface area contributed by atoms with Crippen LogP contribution < -0.4 is 21.3 Å². The third-order valence-electron chi connectivity index (χ3n) is 4.74. The zero-order chi connectivity index (χ0) is 21.3. The van der Waals surface area contributed by atoms with Crippen LogP contribution >= 0.6 is 11.6 Å². The lowest BCUT2D eigenvalue weighted by Crippen LogP contribution is -2.42. The minimum absolute atomic E-state index is 0.00847. The fourth-order valence-electron chi connectivity index (χ4n) is 3.31. The van der Waals surface area contributed by atoms with Gasteiger partial charge in [0.1, 0.15) is 0 Å². The number of halogens is 1. The summed E-state index contributed by atoms with van der Waals surface area (Å²) in [5.41, 5.74) is 2.41. The van der Waals surface area contributed by atoms with Gasteiger partial charge in [0.2, 0.25) is 5.91 Å². The van der Waals surface area contributed by atoms with Crippen molar-refractivity contribution in [2.45, 2.75) is 19.3 Å². The Morgan fingerprint density at radius 1 is 1.10 bits per heavy atom. The van der Waals surface area contributed by atoms with Gasteiger partial charge in [-0.3, -0.25) is 14.6 Å². The SMILES string of the molecule is CCNC(=NCC1CC(=O)Nc2ccccc21)NCCNC(=O)c1ccccc1Cl. The minimum atomic E-state index is -0.214. The van der Waals surface area contributed by atoms with Crippen molar-refractivity contribution in [2.24, 2.45) is 4.99 Å². The molecule has 7 nitrogen and oxygen atoms in total. The van der Waals surface area contributed by atoms with Crippen molar-refractivity contribution in [3.8, 4) is 0 Å². The molecule has 1 aliphatic heterocycles. The van der Waals surface area contributed by atoms with Gasteiger partial charge in [-0.25, -0.2) is 0 Å². The summed E-state index contributed by atoms with van der Waals surface area (Å²) in [4.78, 5) is 28.8. The van der Waals surface area contributed by atoms with Crippen LogP contribution in [0.15, 0.2) is 53.5 Å². The van der Waals surface area contributed by atoms with Gasteiger partial charge in [0.05, 0.1) is 17.1 Å². The average Bonchev–Trinajstić information content (AvgIpc) is 2.74. The fourth-order valence-corrected chi connectivity index (χ4v) is 3.53. The third-order valence-corrected chi connectivity index (χ3v) is 5.07. The van der Waals surface area contributed by atoms with Crippen LogP contribution in [0.5, 0.6) is 0 Å². The Balaban J connectivity index is 1.53. The van der Waals surface area contributed by atoms with Gasteiger partial charge in [0.15, 0.2) is 5.96 Å². The molecular weight excluding hydrogens is 402 g/mol. The number of para-hydroxylation sites is 1. The quantitative estimate of drug-likeness (QED) is 0.310. The maximum atomic E-state index is 12.2. The average molecular weight is 428 g/mol. The van der Waals surface area contributed by atoms with Gasteiger partial charge in [-0.05, 0) is 30.7 Å². The lowest BCUT2D eigenvalue weighted by atomic mass is 9.91. The van der Waals surface area contributed by atoms with Crippen molar-refractivity contribution in [3.05, 3.63) is 64.7 Å². The highest BCUT2D eigenvalue weighted by molar-refractivity contribution is 6.33. The van der Waals surface area contributed by atoms with E-state index in [1.54, 1.807) is 24.3 Å². The molecule has 0 saturated heterocycles. The Labute approximate surface area is 181 Å². The lowest BCUT2D eigenvalue weighted by molar-refractivity contribution is -0.116. The molecule has 0 radical (unpaired) electrons. The molecule has 2 aromatic carbocycles. The molecule has 4 N–H and O–H groups in total. The highest BCUT2D eigenvalue weighted by Crippen LogP contribution is 2.31. The van der Waals surface area contributed by atoms with Gasteiger partial charge in [-0.2, -0.15) is 0 Å². The van der Waals surface area contributed by atoms with Crippen LogP contribution in [0.25, 0.3) is 0 Å². The van der Waals surface area contributed by atoms with Crippen LogP contribution in [0.3, 0.4) is 0 Å². The molecule has 1 unspecified atom stereocenters. The summed E-state index contributed by atoms with van der Waals surface area (Å²) in [7, 11) is 0. The van der Waals surface area contributed by atoms with Crippen molar-refractivity contribution >= 4 is 35.1 Å². The van der Waals surface area contributed by atoms with Gasteiger partial charge in [0.25, 0.3) is 5.91 Å². The Morgan fingerprint density at radius 2 is 1.83 bits per heavy atom. The maximum absolute atomic E-state index is 12.2. The summed E-state index contributed by atoms with van der Waals surface area (Å²) in [5.74, 6) is 0.474. The van der Waals surface area contributed by atoms with Crippen molar-refractivity contribution in [1.29, 1.82) is 0 Å². The first-order valence-electron chi connectivity index (χ1n) is 10.0. The van der Waals surface area contributed by atoms with Crippen LogP contribution in [0, 0.1) is 0 Å². The van der Waals surface area contributed by atoms with Gasteiger partial charge < -0.3 is 21.3 Å². The zero-order valence-corrected chi connectivity index (χ0v) is 17.6. The predicted molar refractivity (Wildman–Crippen MR) is 120 cm³/mol. The monoisotopic (exact) mass is 427 g/mol. The van der Waals surface area contributed by atoms with Gasteiger partial charge >= 0.3 is 0 Å². The number of carbonyl (C=O) groups is 2. The van der Waals surface area contributed by atoms with Crippen molar-refractivity contribution in [2.75, 3.05) is 31.5 Å². The van der Waals surface area contributed by atoms with Crippen LogP contribution in [-0.4, -0.2) is 44.0 Å². The van der Waals surface area contributed by atoms with E-state index in [9.17, 15) is 9.59 Å². The predicted octanol–water partition coefficient (Wildman–Crippen LogP) is 2.75. The number of benzene rings is 2. The van der Waals surface area contributed by atoms with E-state index in [2.05, 4.69) is 26.3 Å². The molecule has 2 aromatic rings. The van der Waals surface area contributed by atoms with Crippen molar-refractivity contribution < 1.29 is 9.59 Å². The number of anilines is 1. The second kappa shape index (κ2) is 10.6. The molecule has 2 amide bonds. The lowest BCUT2D eigenvalue weighted by Gasteiger charge is -2.24. The molecule has 1 aliphatic rings. The van der Waals surface area contributed by atoms with Gasteiger partial charge in [-0.1, -0.05) is 41.9 Å². The summed E-state index contributed by atoms with van der Waals surface area (Å²) < 4.78 is 0. The molecule has 0 saturated carbocycles. The minimum Gasteiger partial charge on any atom is -0.357 e. The van der Waals surface area contributed by atoms with E-state index in [0.29, 0.717) is 49.1 Å². The molecule has 0 bridgehead atoms. The Bertz CT molecular complexity index is 931. The normalized spacial score (nSPS) is 15.7. The Kier molecular flexibility index (Phi) is 7.68. The van der Waals surface area contributed by atoms with E-state index in [0.717, 1.165) is 11.3 Å². The van der Waals surface area contributed by atoms with Crippen molar-refractivity contribution in [3.63, 3.8) is 0 Å². The molecule has 0 spiro atoms. The first-order chi connectivity index (χ1) is 14.6. The number of hydrogen-bond acceptors (Lipinski definition) is 3. The smallest absolute Gasteiger partial charge is 0.252 e. The molecular formula is C22H26ClN5O2. The molecule has 3 rings (SSSR count). The number of guanidine groups is 1. The molecule has 30 heavy (non-hydrogen) atoms. The number of hydrogen-bond donors (Lipinski definition) is 4. The molecule has 1 atom stereocenters. The Hall–Kier alpha value is -3.06. The second-order valence-corrected chi connectivity index (χ2v) is 7.33. The van der Waals surface area contributed by atoms with Crippen molar-refractivity contribution in [1.82, 2.24) is 16.0 Å². The number of amides is 2. The zero-order valence-electron chi connectivity index (χ0n) is 16.9. The number of rotatable bonds is 7. The summed E-state index contributed by atoms with van der Waals surface area (Å²) in [6.45, 7) is 4.11. The number of nitrogens with one attached hydrogen (secondary N) is 4. The summed E-state index contributed by atoms with van der Waals surface area (Å²) in [6.07, 6.45) is 0.411. The molecule has 0 aliphatic carbocycles. The molecule has 0 aromatic heterocycles. The van der Waals surface area contributed by atoms with Crippen LogP contribution in [-0.2, 0) is 4.79 Å². The summed E-state index contributed by atoms with van der Waals surface area (Å²) in [5, 5.41) is 12.6. The van der Waals surface area contributed by atoms with Crippen LogP contribution in [0.1, 0.15) is 35.2 Å². The van der Waals surface area contributed by atoms with Gasteiger partial charge in [0, 0.05) is 37.7 Å². The second-order valence-electron chi connectivity index (χ2n) is 6.92. The van der Waals surface area contributed by atoms with Gasteiger partial charge in [-0.15, -0.1) is 0 Å². The molecule has 158 valence electrons. The van der Waals surface area contributed by atoms with E-state index in [1.807, 2.05) is 31.2 Å². The first-order valence-corrected chi connectivity index (χ1v) is 10.4. The highest BCUT2D eigenvalue weighted by Gasteiger charge is 2.24. The maximum Gasteiger partial charge on any atom is 0.252 e. The van der Waals surface area contributed by atoms with E-state index in [1.165, 1.54) is 0 Å². The number of nitrogens with zero attached hydrogens (tertiary/aromatic N) is 1. The third kappa shape index (κ3) is 5.73. The number of aliphatic imine (C=N–C) groups is 1. The topological polar surface area (TPSA) is 94.6 Å². The van der Waals surface area contributed by atoms with E-state index in [4.69, 9.17) is 11.6 Å². The first kappa shape index (κ1) is 21.6. The standard InChI is InChI=1S/C22H26ClN5O2/c1-2-24-22(26-12-11-25-21(30)17-8-3-5-9-18(17)23)27-14-15-13-20(29)28-19-10-6-4-7-16(15)19/h3-10,15H,2,11-14H2,1H3,(H,25,30)(H,28,29)(H2,24,26,27). The molecule has 1 heterocycles. The van der Waals surface area contributed by atoms with Crippen LogP contribution in [0.4, 0.5) is 5.69 Å².